The molecule has 2 aromatic carbocycles. The van der Waals surface area contributed by atoms with Crippen LogP contribution in [0.15, 0.2) is 53.6 Å². The Bertz CT molecular complexity index is 1590. The van der Waals surface area contributed by atoms with Gasteiger partial charge in [-0.15, -0.1) is 10.2 Å². The maximum absolute atomic E-state index is 13.5. The smallest absolute Gasteiger partial charge is 0.283 e. The molecule has 0 bridgehead atoms. The number of aryl methyl sites for hydroxylation is 3. The van der Waals surface area contributed by atoms with Crippen LogP contribution in [0.2, 0.25) is 0 Å². The minimum absolute atomic E-state index is 0.128. The largest absolute Gasteiger partial charge is 0.493 e. The van der Waals surface area contributed by atoms with Gasteiger partial charge in [-0.05, 0) is 48.2 Å². The van der Waals surface area contributed by atoms with Gasteiger partial charge in [0.1, 0.15) is 12.1 Å². The van der Waals surface area contributed by atoms with Crippen LogP contribution in [0.25, 0.3) is 27.9 Å². The van der Waals surface area contributed by atoms with Crippen LogP contribution in [0.4, 0.5) is 4.39 Å². The van der Waals surface area contributed by atoms with Gasteiger partial charge in [-0.25, -0.2) is 9.37 Å². The number of halogens is 1. The molecule has 0 spiro atoms. The lowest BCUT2D eigenvalue weighted by Gasteiger charge is -2.10. The van der Waals surface area contributed by atoms with Crippen LogP contribution in [0.5, 0.6) is 11.5 Å². The Balaban J connectivity index is 1.53. The fourth-order valence-electron chi connectivity index (χ4n) is 4.11. The fraction of sp³-hybridized carbons (Fsp3) is 0.240. The zero-order chi connectivity index (χ0) is 24.5. The summed E-state index contributed by atoms with van der Waals surface area (Å²) in [6.45, 7) is 2.37. The molecule has 0 fully saturated rings. The summed E-state index contributed by atoms with van der Waals surface area (Å²) in [5.74, 6) is 0.950. The summed E-state index contributed by atoms with van der Waals surface area (Å²) < 4.78 is 27.1. The van der Waals surface area contributed by atoms with Gasteiger partial charge in [0.05, 0.1) is 25.5 Å². The van der Waals surface area contributed by atoms with E-state index in [0.29, 0.717) is 42.2 Å². The van der Waals surface area contributed by atoms with E-state index in [2.05, 4.69) is 20.3 Å². The summed E-state index contributed by atoms with van der Waals surface area (Å²) in [6, 6.07) is 11.8. The molecule has 0 radical (unpaired) electrons. The molecular weight excluding hydrogens is 451 g/mol. The normalized spacial score (nSPS) is 11.3. The second kappa shape index (κ2) is 9.13. The SMILES string of the molecule is CCc1nn2c(nnc3c(=O)n(CCc4ccc(OC)c(OC)c4)cnc32)c1-c1ccc(F)cc1. The second-order valence-corrected chi connectivity index (χ2v) is 7.97. The molecule has 0 N–H and O–H groups in total. The maximum Gasteiger partial charge on any atom is 0.283 e. The lowest BCUT2D eigenvalue weighted by Crippen LogP contribution is -2.24. The highest BCUT2D eigenvalue weighted by atomic mass is 19.1. The Morgan fingerprint density at radius 3 is 2.46 bits per heavy atom. The molecule has 5 rings (SSSR count). The third kappa shape index (κ3) is 3.96. The van der Waals surface area contributed by atoms with Gasteiger partial charge in [0.15, 0.2) is 28.3 Å². The van der Waals surface area contributed by atoms with E-state index in [1.807, 2.05) is 25.1 Å². The first kappa shape index (κ1) is 22.5. The van der Waals surface area contributed by atoms with E-state index >= 15 is 0 Å². The third-order valence-corrected chi connectivity index (χ3v) is 5.93. The first-order valence-corrected chi connectivity index (χ1v) is 11.1. The van der Waals surface area contributed by atoms with Crippen molar-refractivity contribution in [3.05, 3.63) is 76.2 Å². The van der Waals surface area contributed by atoms with Crippen LogP contribution < -0.4 is 15.0 Å². The molecule has 0 saturated heterocycles. The van der Waals surface area contributed by atoms with Crippen LogP contribution in [0, 0.1) is 5.82 Å². The molecule has 35 heavy (non-hydrogen) atoms. The molecule has 3 aromatic heterocycles. The minimum Gasteiger partial charge on any atom is -0.493 e. The number of fused-ring (bicyclic) bond motifs is 3. The van der Waals surface area contributed by atoms with Gasteiger partial charge >= 0.3 is 0 Å². The molecule has 0 amide bonds. The third-order valence-electron chi connectivity index (χ3n) is 5.93. The van der Waals surface area contributed by atoms with Gasteiger partial charge in [-0.1, -0.05) is 25.1 Å². The molecule has 0 aliphatic carbocycles. The van der Waals surface area contributed by atoms with E-state index in [1.165, 1.54) is 23.0 Å². The van der Waals surface area contributed by atoms with Crippen molar-refractivity contribution in [1.82, 2.24) is 29.4 Å². The monoisotopic (exact) mass is 474 g/mol. The molecule has 5 aromatic rings. The van der Waals surface area contributed by atoms with E-state index in [1.54, 1.807) is 30.9 Å². The molecule has 178 valence electrons. The Morgan fingerprint density at radius 1 is 0.971 bits per heavy atom. The number of nitrogens with zero attached hydrogens (tertiary/aromatic N) is 6. The zero-order valence-electron chi connectivity index (χ0n) is 19.5. The van der Waals surface area contributed by atoms with Gasteiger partial charge < -0.3 is 9.47 Å². The number of methoxy groups -OCH3 is 2. The van der Waals surface area contributed by atoms with Crippen LogP contribution in [0.3, 0.4) is 0 Å². The molecular formula is C25H23FN6O3. The van der Waals surface area contributed by atoms with Crippen LogP contribution in [0.1, 0.15) is 18.2 Å². The van der Waals surface area contributed by atoms with E-state index in [4.69, 9.17) is 9.47 Å². The zero-order valence-corrected chi connectivity index (χ0v) is 19.5. The van der Waals surface area contributed by atoms with E-state index in [9.17, 15) is 9.18 Å². The fourth-order valence-corrected chi connectivity index (χ4v) is 4.11. The molecule has 0 aliphatic heterocycles. The van der Waals surface area contributed by atoms with Crippen LogP contribution in [-0.2, 0) is 19.4 Å². The number of hydrogen-bond donors (Lipinski definition) is 0. The Labute approximate surface area is 199 Å². The van der Waals surface area contributed by atoms with Gasteiger partial charge in [-0.3, -0.25) is 9.36 Å². The maximum atomic E-state index is 13.5. The van der Waals surface area contributed by atoms with Crippen molar-refractivity contribution < 1.29 is 13.9 Å². The average molecular weight is 474 g/mol. The van der Waals surface area contributed by atoms with Crippen molar-refractivity contribution in [1.29, 1.82) is 0 Å². The number of benzene rings is 2. The molecule has 3 heterocycles. The summed E-state index contributed by atoms with van der Waals surface area (Å²) in [6.07, 6.45) is 2.71. The van der Waals surface area contributed by atoms with Crippen molar-refractivity contribution >= 4 is 16.8 Å². The summed E-state index contributed by atoms with van der Waals surface area (Å²) in [5.41, 5.74) is 3.89. The highest BCUT2D eigenvalue weighted by Gasteiger charge is 2.19. The Morgan fingerprint density at radius 2 is 1.74 bits per heavy atom. The Hall–Kier alpha value is -4.34. The summed E-state index contributed by atoms with van der Waals surface area (Å²) in [7, 11) is 3.17. The molecule has 0 saturated carbocycles. The summed E-state index contributed by atoms with van der Waals surface area (Å²) in [5, 5.41) is 13.2. The van der Waals surface area contributed by atoms with E-state index in [-0.39, 0.29) is 16.9 Å². The molecule has 0 atom stereocenters. The van der Waals surface area contributed by atoms with Crippen LogP contribution >= 0.6 is 0 Å². The lowest BCUT2D eigenvalue weighted by atomic mass is 10.0. The molecule has 10 heteroatoms. The molecule has 9 nitrogen and oxygen atoms in total. The predicted octanol–water partition coefficient (Wildman–Crippen LogP) is 3.46. The first-order chi connectivity index (χ1) is 17.0. The number of aromatic nitrogens is 6. The minimum atomic E-state index is -0.324. The first-order valence-electron chi connectivity index (χ1n) is 11.1. The second-order valence-electron chi connectivity index (χ2n) is 7.97. The lowest BCUT2D eigenvalue weighted by molar-refractivity contribution is 0.354. The topological polar surface area (TPSA) is 96.4 Å². The van der Waals surface area contributed by atoms with Gasteiger partial charge in [-0.2, -0.15) is 9.61 Å². The summed E-state index contributed by atoms with van der Waals surface area (Å²) in [4.78, 5) is 17.7. The van der Waals surface area contributed by atoms with Crippen molar-refractivity contribution in [3.63, 3.8) is 0 Å². The highest BCUT2D eigenvalue weighted by Crippen LogP contribution is 2.29. The Kier molecular flexibility index (Phi) is 5.86. The molecule has 0 unspecified atom stereocenters. The average Bonchev–Trinajstić information content (AvgIpc) is 3.27. The standard InChI is InChI=1S/C25H23FN6O3/c1-4-18-21(16-6-8-17(26)9-7-16)23-29-28-22-24(32(23)30-18)27-14-31(25(22)33)12-11-15-5-10-19(34-2)20(13-15)35-3/h5-10,13-14H,4,11-12H2,1-3H3. The van der Waals surface area contributed by atoms with E-state index < -0.39 is 0 Å². The highest BCUT2D eigenvalue weighted by molar-refractivity contribution is 5.83. The van der Waals surface area contributed by atoms with Gasteiger partial charge in [0, 0.05) is 6.54 Å². The number of rotatable bonds is 7. The van der Waals surface area contributed by atoms with Gasteiger partial charge in [0.25, 0.3) is 5.56 Å². The van der Waals surface area contributed by atoms with Gasteiger partial charge in [0.2, 0.25) is 0 Å². The molecule has 0 aliphatic rings. The van der Waals surface area contributed by atoms with Crippen molar-refractivity contribution in [2.45, 2.75) is 26.3 Å². The number of ether oxygens (including phenoxy) is 2. The summed E-state index contributed by atoms with van der Waals surface area (Å²) >= 11 is 0. The van der Waals surface area contributed by atoms with Crippen molar-refractivity contribution in [3.8, 4) is 22.6 Å². The van der Waals surface area contributed by atoms with Crippen molar-refractivity contribution in [2.75, 3.05) is 14.2 Å². The quantitative estimate of drug-likeness (QED) is 0.356. The van der Waals surface area contributed by atoms with Crippen LogP contribution in [-0.4, -0.2) is 43.6 Å². The van der Waals surface area contributed by atoms with Crippen molar-refractivity contribution in [2.24, 2.45) is 0 Å². The number of hydrogen-bond acceptors (Lipinski definition) is 7. The van der Waals surface area contributed by atoms with E-state index in [0.717, 1.165) is 22.4 Å². The predicted molar refractivity (Wildman–Crippen MR) is 128 cm³/mol.